The van der Waals surface area contributed by atoms with E-state index < -0.39 is 0 Å². The van der Waals surface area contributed by atoms with Gasteiger partial charge in [0.1, 0.15) is 6.26 Å². The van der Waals surface area contributed by atoms with E-state index in [1.54, 1.807) is 15.6 Å². The first-order valence-corrected chi connectivity index (χ1v) is 11.0. The lowest BCUT2D eigenvalue weighted by atomic mass is 10.0. The van der Waals surface area contributed by atoms with Crippen LogP contribution in [0.4, 0.5) is 0 Å². The van der Waals surface area contributed by atoms with Gasteiger partial charge in [0.2, 0.25) is 0 Å². The summed E-state index contributed by atoms with van der Waals surface area (Å²) in [7, 11) is 1.84. The quantitative estimate of drug-likeness (QED) is 0.520. The maximum atomic E-state index is 13.4. The van der Waals surface area contributed by atoms with Crippen LogP contribution in [-0.2, 0) is 7.05 Å². The summed E-state index contributed by atoms with van der Waals surface area (Å²) in [6.07, 6.45) is 4.35. The lowest BCUT2D eigenvalue weighted by molar-refractivity contribution is 0.0697. The van der Waals surface area contributed by atoms with E-state index >= 15 is 0 Å². The van der Waals surface area contributed by atoms with Gasteiger partial charge in [0.25, 0.3) is 11.8 Å². The molecule has 0 aliphatic carbocycles. The highest BCUT2D eigenvalue weighted by Gasteiger charge is 2.27. The molecule has 0 bridgehead atoms. The summed E-state index contributed by atoms with van der Waals surface area (Å²) in [4.78, 5) is 32.5. The fourth-order valence-electron chi connectivity index (χ4n) is 4.44. The molecule has 8 heteroatoms. The van der Waals surface area contributed by atoms with Crippen LogP contribution < -0.4 is 5.32 Å². The lowest BCUT2D eigenvalue weighted by Gasteiger charge is -2.32. The second kappa shape index (κ2) is 8.54. The number of carbonyl (C=O) groups is 2. The number of nitrogens with zero attached hydrogens (tertiary/aromatic N) is 4. The summed E-state index contributed by atoms with van der Waals surface area (Å²) in [6, 6.07) is 13.3. The van der Waals surface area contributed by atoms with Crippen molar-refractivity contribution in [1.29, 1.82) is 0 Å². The van der Waals surface area contributed by atoms with E-state index in [0.717, 1.165) is 22.3 Å². The number of rotatable bonds is 4. The minimum atomic E-state index is -0.143. The van der Waals surface area contributed by atoms with E-state index in [0.29, 0.717) is 42.7 Å². The molecule has 2 amide bonds. The Labute approximate surface area is 191 Å². The second-order valence-corrected chi connectivity index (χ2v) is 8.38. The Morgan fingerprint density at radius 1 is 1.12 bits per heavy atom. The van der Waals surface area contributed by atoms with Gasteiger partial charge in [0.15, 0.2) is 5.65 Å². The number of benzene rings is 1. The minimum Gasteiger partial charge on any atom is -0.472 e. The fraction of sp³-hybridized carbons (Fsp3) is 0.280. The molecule has 0 saturated carbocycles. The van der Waals surface area contributed by atoms with Gasteiger partial charge >= 0.3 is 0 Å². The van der Waals surface area contributed by atoms with Crippen molar-refractivity contribution in [2.24, 2.45) is 7.05 Å². The summed E-state index contributed by atoms with van der Waals surface area (Å²) >= 11 is 0. The molecule has 1 fully saturated rings. The number of nitrogens with one attached hydrogen (secondary N) is 1. The van der Waals surface area contributed by atoms with E-state index in [4.69, 9.17) is 9.40 Å². The predicted molar refractivity (Wildman–Crippen MR) is 124 cm³/mol. The number of aromatic nitrogens is 3. The van der Waals surface area contributed by atoms with Crippen molar-refractivity contribution in [1.82, 2.24) is 25.0 Å². The van der Waals surface area contributed by atoms with Crippen LogP contribution in [0.15, 0.2) is 59.4 Å². The van der Waals surface area contributed by atoms with Crippen molar-refractivity contribution in [3.05, 3.63) is 71.8 Å². The van der Waals surface area contributed by atoms with Gasteiger partial charge in [-0.3, -0.25) is 14.3 Å². The van der Waals surface area contributed by atoms with Crippen LogP contribution in [0.5, 0.6) is 0 Å². The third kappa shape index (κ3) is 4.00. The van der Waals surface area contributed by atoms with Crippen LogP contribution in [0, 0.1) is 6.92 Å². The number of fused-ring (bicyclic) bond motifs is 1. The van der Waals surface area contributed by atoms with Gasteiger partial charge in [-0.1, -0.05) is 30.3 Å². The van der Waals surface area contributed by atoms with Crippen molar-refractivity contribution in [2.75, 3.05) is 13.1 Å². The Bertz CT molecular complexity index is 1300. The van der Waals surface area contributed by atoms with Crippen molar-refractivity contribution in [2.45, 2.75) is 25.8 Å². The number of piperidine rings is 1. The SMILES string of the molecule is Cc1nn(C)c2nc(-c3ccccc3)cc(C(=O)NC3CCN(C(=O)c4ccoc4)CC3)c12. The van der Waals surface area contributed by atoms with E-state index in [-0.39, 0.29) is 17.9 Å². The van der Waals surface area contributed by atoms with Crippen LogP contribution in [0.3, 0.4) is 0 Å². The van der Waals surface area contributed by atoms with Gasteiger partial charge in [-0.25, -0.2) is 4.98 Å². The van der Waals surface area contributed by atoms with Crippen LogP contribution >= 0.6 is 0 Å². The third-order valence-corrected chi connectivity index (χ3v) is 6.17. The van der Waals surface area contributed by atoms with Gasteiger partial charge in [0, 0.05) is 31.7 Å². The van der Waals surface area contributed by atoms with Crippen LogP contribution in [0.25, 0.3) is 22.3 Å². The van der Waals surface area contributed by atoms with Crippen molar-refractivity contribution in [3.63, 3.8) is 0 Å². The summed E-state index contributed by atoms with van der Waals surface area (Å²) in [5, 5.41) is 8.43. The number of pyridine rings is 1. The minimum absolute atomic E-state index is 0.00809. The monoisotopic (exact) mass is 443 g/mol. The first-order valence-electron chi connectivity index (χ1n) is 11.0. The molecular formula is C25H25N5O3. The summed E-state index contributed by atoms with van der Waals surface area (Å²) in [5.74, 6) is -0.182. The zero-order chi connectivity index (χ0) is 22.9. The Balaban J connectivity index is 1.37. The number of aryl methyl sites for hydroxylation is 2. The van der Waals surface area contributed by atoms with Crippen LogP contribution in [-0.4, -0.2) is 50.6 Å². The van der Waals surface area contributed by atoms with Crippen molar-refractivity contribution >= 4 is 22.8 Å². The summed E-state index contributed by atoms with van der Waals surface area (Å²) in [6.45, 7) is 3.06. The maximum Gasteiger partial charge on any atom is 0.257 e. The first kappa shape index (κ1) is 20.9. The van der Waals surface area contributed by atoms with Gasteiger partial charge in [-0.2, -0.15) is 5.10 Å². The number of hydrogen-bond acceptors (Lipinski definition) is 5. The number of hydrogen-bond donors (Lipinski definition) is 1. The highest BCUT2D eigenvalue weighted by molar-refractivity contribution is 6.07. The fourth-order valence-corrected chi connectivity index (χ4v) is 4.44. The average Bonchev–Trinajstić information content (AvgIpc) is 3.48. The van der Waals surface area contributed by atoms with Gasteiger partial charge in [-0.15, -0.1) is 0 Å². The maximum absolute atomic E-state index is 13.4. The lowest BCUT2D eigenvalue weighted by Crippen LogP contribution is -2.46. The predicted octanol–water partition coefficient (Wildman–Crippen LogP) is 3.57. The van der Waals surface area contributed by atoms with Gasteiger partial charge in [0.05, 0.1) is 34.2 Å². The molecular weight excluding hydrogens is 418 g/mol. The molecule has 0 unspecified atom stereocenters. The van der Waals surface area contributed by atoms with Crippen LogP contribution in [0.2, 0.25) is 0 Å². The molecule has 1 N–H and O–H groups in total. The number of amides is 2. The largest absolute Gasteiger partial charge is 0.472 e. The number of furan rings is 1. The van der Waals surface area contributed by atoms with Gasteiger partial charge < -0.3 is 14.6 Å². The molecule has 4 aromatic rings. The first-order chi connectivity index (χ1) is 16.0. The Morgan fingerprint density at radius 3 is 2.58 bits per heavy atom. The molecule has 0 atom stereocenters. The Hall–Kier alpha value is -3.94. The summed E-state index contributed by atoms with van der Waals surface area (Å²) < 4.78 is 6.74. The molecule has 4 heterocycles. The molecule has 1 aliphatic heterocycles. The molecule has 3 aromatic heterocycles. The van der Waals surface area contributed by atoms with Crippen molar-refractivity contribution < 1.29 is 14.0 Å². The van der Waals surface area contributed by atoms with Gasteiger partial charge in [-0.05, 0) is 31.9 Å². The summed E-state index contributed by atoms with van der Waals surface area (Å²) in [5.41, 5.74) is 4.25. The molecule has 1 aliphatic rings. The molecule has 1 aromatic carbocycles. The molecule has 8 nitrogen and oxygen atoms in total. The highest BCUT2D eigenvalue weighted by atomic mass is 16.3. The standard InChI is InChI=1S/C25H25N5O3/c1-16-22-20(14-21(17-6-4-3-5-7-17)27-23(22)29(2)28-16)24(31)26-19-8-11-30(12-9-19)25(32)18-10-13-33-15-18/h3-7,10,13-15,19H,8-9,11-12H2,1-2H3,(H,26,31). The number of carbonyl (C=O) groups excluding carboxylic acids is 2. The molecule has 0 radical (unpaired) electrons. The van der Waals surface area contributed by atoms with E-state index in [9.17, 15) is 9.59 Å². The Kier molecular flexibility index (Phi) is 5.42. The van der Waals surface area contributed by atoms with E-state index in [1.807, 2.05) is 50.4 Å². The van der Waals surface area contributed by atoms with E-state index in [2.05, 4.69) is 10.4 Å². The molecule has 33 heavy (non-hydrogen) atoms. The zero-order valence-corrected chi connectivity index (χ0v) is 18.6. The average molecular weight is 444 g/mol. The Morgan fingerprint density at radius 2 is 1.88 bits per heavy atom. The second-order valence-electron chi connectivity index (χ2n) is 8.38. The third-order valence-electron chi connectivity index (χ3n) is 6.17. The van der Waals surface area contributed by atoms with E-state index in [1.165, 1.54) is 12.5 Å². The topological polar surface area (TPSA) is 93.3 Å². The van der Waals surface area contributed by atoms with Crippen molar-refractivity contribution in [3.8, 4) is 11.3 Å². The normalized spacial score (nSPS) is 14.5. The number of likely N-dealkylation sites (tertiary alicyclic amines) is 1. The smallest absolute Gasteiger partial charge is 0.257 e. The zero-order valence-electron chi connectivity index (χ0n) is 18.6. The highest BCUT2D eigenvalue weighted by Crippen LogP contribution is 2.27. The molecule has 1 saturated heterocycles. The molecule has 0 spiro atoms. The molecule has 5 rings (SSSR count). The van der Waals surface area contributed by atoms with Crippen LogP contribution in [0.1, 0.15) is 39.3 Å². The molecule has 168 valence electrons.